The largest absolute Gasteiger partial charge is 0.493 e. The van der Waals surface area contributed by atoms with Gasteiger partial charge in [-0.1, -0.05) is 11.2 Å². The fourth-order valence-corrected chi connectivity index (χ4v) is 4.60. The second kappa shape index (κ2) is 10.7. The molecule has 2 aromatic heterocycles. The van der Waals surface area contributed by atoms with Gasteiger partial charge < -0.3 is 28.4 Å². The van der Waals surface area contributed by atoms with Gasteiger partial charge in [-0.15, -0.1) is 11.3 Å². The van der Waals surface area contributed by atoms with Crippen molar-refractivity contribution in [3.05, 3.63) is 46.3 Å². The number of aromatic nitrogens is 1. The maximum Gasteiger partial charge on any atom is 0.228 e. The number of hydrogen-bond acceptors (Lipinski definition) is 8. The van der Waals surface area contributed by atoms with Crippen molar-refractivity contribution >= 4 is 17.2 Å². The predicted molar refractivity (Wildman–Crippen MR) is 124 cm³/mol. The Kier molecular flexibility index (Phi) is 7.51. The number of amides is 1. The number of rotatable bonds is 10. The molecular weight excluding hydrogens is 444 g/mol. The van der Waals surface area contributed by atoms with Crippen LogP contribution in [0, 0.1) is 0 Å². The molecule has 3 aromatic rings. The average molecular weight is 473 g/mol. The van der Waals surface area contributed by atoms with Crippen molar-refractivity contribution in [1.82, 2.24) is 10.1 Å². The number of hydrogen-bond donors (Lipinski definition) is 0. The average Bonchev–Trinajstić information content (AvgIpc) is 3.61. The van der Waals surface area contributed by atoms with E-state index in [1.807, 2.05) is 28.5 Å². The summed E-state index contributed by atoms with van der Waals surface area (Å²) in [7, 11) is 4.69. The van der Waals surface area contributed by atoms with Gasteiger partial charge in [-0.05, 0) is 36.4 Å². The summed E-state index contributed by atoms with van der Waals surface area (Å²) in [6.45, 7) is 1.63. The quantitative estimate of drug-likeness (QED) is 0.438. The molecule has 0 aliphatic carbocycles. The predicted octanol–water partition coefficient (Wildman–Crippen LogP) is 4.18. The highest BCUT2D eigenvalue weighted by atomic mass is 32.1. The lowest BCUT2D eigenvalue weighted by Crippen LogP contribution is -2.37. The highest BCUT2D eigenvalue weighted by Gasteiger charge is 2.24. The molecule has 0 N–H and O–H groups in total. The molecule has 1 aliphatic rings. The summed E-state index contributed by atoms with van der Waals surface area (Å²) in [5.74, 6) is 2.15. The second-order valence-corrected chi connectivity index (χ2v) is 8.79. The summed E-state index contributed by atoms with van der Waals surface area (Å²) in [6.07, 6.45) is 2.39. The standard InChI is InChI=1S/C24H28N2O6S/c1-28-21-10-16(11-22(29-2)24(21)30-3)20-12-17(25-32-20)14-26(15-18-6-4-8-31-18)23(27)13-19-7-5-9-33-19/h5,7,9-12,18H,4,6,8,13-15H2,1-3H3/t18-/m0/s1. The van der Waals surface area contributed by atoms with Crippen molar-refractivity contribution in [3.8, 4) is 28.6 Å². The zero-order valence-electron chi connectivity index (χ0n) is 19.0. The van der Waals surface area contributed by atoms with E-state index in [0.717, 1.165) is 29.9 Å². The lowest BCUT2D eigenvalue weighted by atomic mass is 10.1. The second-order valence-electron chi connectivity index (χ2n) is 7.76. The minimum atomic E-state index is 0.0466. The molecule has 0 radical (unpaired) electrons. The van der Waals surface area contributed by atoms with Crippen LogP contribution in [0.1, 0.15) is 23.4 Å². The molecule has 1 fully saturated rings. The third kappa shape index (κ3) is 5.48. The van der Waals surface area contributed by atoms with Crippen LogP contribution in [-0.2, 0) is 22.5 Å². The molecule has 3 heterocycles. The first-order valence-corrected chi connectivity index (χ1v) is 11.7. The topological polar surface area (TPSA) is 83.3 Å². The fourth-order valence-electron chi connectivity index (χ4n) is 3.90. The zero-order valence-corrected chi connectivity index (χ0v) is 19.9. The molecule has 0 unspecified atom stereocenters. The molecule has 1 atom stereocenters. The molecule has 4 rings (SSSR count). The van der Waals surface area contributed by atoms with Crippen LogP contribution in [0.15, 0.2) is 40.2 Å². The molecular formula is C24H28N2O6S. The van der Waals surface area contributed by atoms with E-state index in [0.29, 0.717) is 48.2 Å². The first kappa shape index (κ1) is 23.1. The fraction of sp³-hybridized carbons (Fsp3) is 0.417. The molecule has 1 aromatic carbocycles. The molecule has 8 nitrogen and oxygen atoms in total. The van der Waals surface area contributed by atoms with Crippen LogP contribution in [-0.4, -0.2) is 56.5 Å². The SMILES string of the molecule is COc1cc(-c2cc(CN(C[C@@H]3CCCO3)C(=O)Cc3cccs3)no2)cc(OC)c1OC. The van der Waals surface area contributed by atoms with Crippen LogP contribution in [0.2, 0.25) is 0 Å². The van der Waals surface area contributed by atoms with Crippen molar-refractivity contribution < 1.29 is 28.3 Å². The van der Waals surface area contributed by atoms with Gasteiger partial charge in [0.2, 0.25) is 11.7 Å². The van der Waals surface area contributed by atoms with Crippen molar-refractivity contribution in [2.45, 2.75) is 31.9 Å². The van der Waals surface area contributed by atoms with Gasteiger partial charge in [-0.25, -0.2) is 0 Å². The lowest BCUT2D eigenvalue weighted by Gasteiger charge is -2.24. The third-order valence-electron chi connectivity index (χ3n) is 5.57. The van der Waals surface area contributed by atoms with Crippen LogP contribution in [0.3, 0.4) is 0 Å². The normalized spacial score (nSPS) is 15.4. The molecule has 1 saturated heterocycles. The van der Waals surface area contributed by atoms with Crippen LogP contribution in [0.5, 0.6) is 17.2 Å². The summed E-state index contributed by atoms with van der Waals surface area (Å²) in [5, 5.41) is 6.20. The highest BCUT2D eigenvalue weighted by Crippen LogP contribution is 2.41. The molecule has 33 heavy (non-hydrogen) atoms. The number of carbonyl (C=O) groups is 1. The van der Waals surface area contributed by atoms with Gasteiger partial charge in [0.1, 0.15) is 5.69 Å². The lowest BCUT2D eigenvalue weighted by molar-refractivity contribution is -0.132. The van der Waals surface area contributed by atoms with Crippen LogP contribution in [0.25, 0.3) is 11.3 Å². The number of thiophene rings is 1. The minimum Gasteiger partial charge on any atom is -0.493 e. The summed E-state index contributed by atoms with van der Waals surface area (Å²) in [4.78, 5) is 15.9. The molecule has 0 saturated carbocycles. The number of nitrogens with zero attached hydrogens (tertiary/aromatic N) is 2. The molecule has 1 aliphatic heterocycles. The summed E-state index contributed by atoms with van der Waals surface area (Å²) in [5.41, 5.74) is 1.40. The van der Waals surface area contributed by atoms with Crippen molar-refractivity contribution in [2.75, 3.05) is 34.5 Å². The maximum absolute atomic E-state index is 13.1. The third-order valence-corrected chi connectivity index (χ3v) is 6.44. The van der Waals surface area contributed by atoms with Crippen molar-refractivity contribution in [2.24, 2.45) is 0 Å². The Morgan fingerprint density at radius 2 is 1.97 bits per heavy atom. The number of methoxy groups -OCH3 is 3. The van der Waals surface area contributed by atoms with Gasteiger partial charge >= 0.3 is 0 Å². The Hall–Kier alpha value is -3.04. The summed E-state index contributed by atoms with van der Waals surface area (Å²) >= 11 is 1.58. The van der Waals surface area contributed by atoms with Crippen LogP contribution in [0.4, 0.5) is 0 Å². The molecule has 0 spiro atoms. The van der Waals surface area contributed by atoms with Gasteiger partial charge in [0.15, 0.2) is 17.3 Å². The molecule has 176 valence electrons. The van der Waals surface area contributed by atoms with E-state index in [2.05, 4.69) is 5.16 Å². The number of ether oxygens (including phenoxy) is 4. The van der Waals surface area contributed by atoms with E-state index in [1.165, 1.54) is 0 Å². The number of benzene rings is 1. The van der Waals surface area contributed by atoms with E-state index >= 15 is 0 Å². The monoisotopic (exact) mass is 472 g/mol. The Morgan fingerprint density at radius 1 is 1.18 bits per heavy atom. The molecule has 0 bridgehead atoms. The first-order chi connectivity index (χ1) is 16.1. The van der Waals surface area contributed by atoms with Gasteiger partial charge in [0.25, 0.3) is 0 Å². The van der Waals surface area contributed by atoms with Gasteiger partial charge in [0.05, 0.1) is 40.4 Å². The number of carbonyl (C=O) groups excluding carboxylic acids is 1. The van der Waals surface area contributed by atoms with Crippen molar-refractivity contribution in [1.29, 1.82) is 0 Å². The molecule has 1 amide bonds. The zero-order chi connectivity index (χ0) is 23.2. The van der Waals surface area contributed by atoms with Crippen molar-refractivity contribution in [3.63, 3.8) is 0 Å². The van der Waals surface area contributed by atoms with E-state index in [9.17, 15) is 4.79 Å². The summed E-state index contributed by atoms with van der Waals surface area (Å²) in [6, 6.07) is 9.38. The highest BCUT2D eigenvalue weighted by molar-refractivity contribution is 7.10. The van der Waals surface area contributed by atoms with E-state index < -0.39 is 0 Å². The van der Waals surface area contributed by atoms with Gasteiger partial charge in [-0.3, -0.25) is 4.79 Å². The van der Waals surface area contributed by atoms with Gasteiger partial charge in [0, 0.05) is 29.7 Å². The van der Waals surface area contributed by atoms with E-state index in [-0.39, 0.29) is 12.0 Å². The van der Waals surface area contributed by atoms with E-state index in [4.69, 9.17) is 23.5 Å². The smallest absolute Gasteiger partial charge is 0.228 e. The Balaban J connectivity index is 1.54. The Bertz CT molecular complexity index is 1030. The van der Waals surface area contributed by atoms with E-state index in [1.54, 1.807) is 44.8 Å². The van der Waals surface area contributed by atoms with Crippen LogP contribution < -0.4 is 14.2 Å². The van der Waals surface area contributed by atoms with Gasteiger partial charge in [-0.2, -0.15) is 0 Å². The minimum absolute atomic E-state index is 0.0466. The Morgan fingerprint density at radius 3 is 2.58 bits per heavy atom. The first-order valence-electron chi connectivity index (χ1n) is 10.8. The molecule has 9 heteroatoms. The Labute approximate surface area is 197 Å². The maximum atomic E-state index is 13.1. The van der Waals surface area contributed by atoms with Crippen LogP contribution >= 0.6 is 11.3 Å². The summed E-state index contributed by atoms with van der Waals surface area (Å²) < 4.78 is 27.6.